The lowest BCUT2D eigenvalue weighted by atomic mass is 9.86. The molecule has 0 aliphatic carbocycles. The van der Waals surface area contributed by atoms with Gasteiger partial charge in [-0.2, -0.15) is 0 Å². The largest absolute Gasteiger partial charge is 0.454 e. The van der Waals surface area contributed by atoms with Crippen LogP contribution in [-0.4, -0.2) is 19.2 Å². The third-order valence-electron chi connectivity index (χ3n) is 5.53. The van der Waals surface area contributed by atoms with E-state index < -0.39 is 5.60 Å². The van der Waals surface area contributed by atoms with Gasteiger partial charge in [0.25, 0.3) is 5.91 Å². The van der Waals surface area contributed by atoms with Gasteiger partial charge in [0.1, 0.15) is 0 Å². The highest BCUT2D eigenvalue weighted by atomic mass is 16.7. The summed E-state index contributed by atoms with van der Waals surface area (Å²) in [5.74, 6) is 1.42. The van der Waals surface area contributed by atoms with E-state index >= 15 is 0 Å². The zero-order valence-electron chi connectivity index (χ0n) is 14.8. The van der Waals surface area contributed by atoms with Gasteiger partial charge in [0.2, 0.25) is 6.79 Å². The maximum Gasteiger partial charge on any atom is 0.268 e. The number of hydrogen-bond acceptors (Lipinski definition) is 4. The highest BCUT2D eigenvalue weighted by molar-refractivity contribution is 6.10. The summed E-state index contributed by atoms with van der Waals surface area (Å²) < 4.78 is 17.3. The van der Waals surface area contributed by atoms with Crippen molar-refractivity contribution in [3.63, 3.8) is 0 Å². The lowest BCUT2D eigenvalue weighted by Gasteiger charge is -2.24. The molecule has 1 unspecified atom stereocenters. The van der Waals surface area contributed by atoms with Gasteiger partial charge in [-0.05, 0) is 30.2 Å². The van der Waals surface area contributed by atoms with Gasteiger partial charge in [-0.25, -0.2) is 0 Å². The monoisotopic (exact) mass is 351 g/mol. The number of anilines is 1. The molecule has 3 aliphatic rings. The number of unbranched alkanes of at least 4 members (excludes halogenated alkanes) is 2. The third kappa shape index (κ3) is 1.98. The maximum absolute atomic E-state index is 13.6. The van der Waals surface area contributed by atoms with E-state index in [9.17, 15) is 4.79 Å². The number of rotatable bonds is 4. The minimum absolute atomic E-state index is 0.00687. The first-order valence-electron chi connectivity index (χ1n) is 9.24. The van der Waals surface area contributed by atoms with E-state index in [1.807, 2.05) is 41.3 Å². The van der Waals surface area contributed by atoms with Crippen molar-refractivity contribution in [2.45, 2.75) is 38.4 Å². The average molecular weight is 351 g/mol. The standard InChI is InChI=1S/C21H21NO4/c1-2-3-6-9-22-17-8-5-4-7-15(17)21(20(22)23)16-11-19-18(24-13-25-19)10-14(16)12-26-21/h4-5,7-8,10-11H,2-3,6,9,12-13H2,1H3. The molecule has 5 rings (SSSR count). The summed E-state index contributed by atoms with van der Waals surface area (Å²) in [7, 11) is 0. The predicted molar refractivity (Wildman–Crippen MR) is 96.5 cm³/mol. The SMILES string of the molecule is CCCCCN1C(=O)C2(OCc3cc4c(cc32)OCO4)c2ccccc21. The van der Waals surface area contributed by atoms with E-state index in [4.69, 9.17) is 14.2 Å². The Hall–Kier alpha value is -2.53. The molecule has 0 aromatic heterocycles. The smallest absolute Gasteiger partial charge is 0.268 e. The normalized spacial score (nSPS) is 22.2. The molecular formula is C21H21NO4. The average Bonchev–Trinajstić information content (AvgIpc) is 3.33. The maximum atomic E-state index is 13.6. The van der Waals surface area contributed by atoms with Gasteiger partial charge in [0, 0.05) is 17.7 Å². The highest BCUT2D eigenvalue weighted by Gasteiger charge is 2.57. The molecule has 0 saturated carbocycles. The summed E-state index contributed by atoms with van der Waals surface area (Å²) >= 11 is 0. The van der Waals surface area contributed by atoms with Crippen molar-refractivity contribution in [3.8, 4) is 11.5 Å². The molecule has 5 nitrogen and oxygen atoms in total. The molecule has 0 fully saturated rings. The van der Waals surface area contributed by atoms with Crippen LogP contribution in [0.3, 0.4) is 0 Å². The summed E-state index contributed by atoms with van der Waals surface area (Å²) in [5, 5.41) is 0. The van der Waals surface area contributed by atoms with Gasteiger partial charge in [-0.15, -0.1) is 0 Å². The van der Waals surface area contributed by atoms with Crippen LogP contribution in [0.4, 0.5) is 5.69 Å². The number of hydrogen-bond donors (Lipinski definition) is 0. The summed E-state index contributed by atoms with van der Waals surface area (Å²) in [4.78, 5) is 15.5. The second-order valence-electron chi connectivity index (χ2n) is 7.01. The second kappa shape index (κ2) is 5.74. The van der Waals surface area contributed by atoms with Gasteiger partial charge < -0.3 is 19.1 Å². The Morgan fingerprint density at radius 1 is 1.08 bits per heavy atom. The molecule has 3 heterocycles. The summed E-state index contributed by atoms with van der Waals surface area (Å²) in [6, 6.07) is 11.8. The van der Waals surface area contributed by atoms with Crippen LogP contribution in [-0.2, 0) is 21.7 Å². The van der Waals surface area contributed by atoms with E-state index in [-0.39, 0.29) is 12.7 Å². The van der Waals surface area contributed by atoms with Crippen molar-refractivity contribution in [2.75, 3.05) is 18.2 Å². The minimum atomic E-state index is -1.06. The Bertz CT molecular complexity index is 894. The number of carbonyl (C=O) groups is 1. The molecule has 1 spiro atoms. The Morgan fingerprint density at radius 2 is 1.88 bits per heavy atom. The number of nitrogens with zero attached hydrogens (tertiary/aromatic N) is 1. The molecule has 1 amide bonds. The number of para-hydroxylation sites is 1. The second-order valence-corrected chi connectivity index (χ2v) is 7.01. The first-order chi connectivity index (χ1) is 12.8. The zero-order chi connectivity index (χ0) is 17.7. The van der Waals surface area contributed by atoms with Crippen LogP contribution in [0, 0.1) is 0 Å². The van der Waals surface area contributed by atoms with E-state index in [2.05, 4.69) is 6.92 Å². The molecule has 0 radical (unpaired) electrons. The molecule has 0 N–H and O–H groups in total. The molecule has 3 aliphatic heterocycles. The van der Waals surface area contributed by atoms with Crippen molar-refractivity contribution in [3.05, 3.63) is 53.1 Å². The van der Waals surface area contributed by atoms with Gasteiger partial charge in [0.15, 0.2) is 17.1 Å². The molecular weight excluding hydrogens is 330 g/mol. The lowest BCUT2D eigenvalue weighted by Crippen LogP contribution is -2.41. The van der Waals surface area contributed by atoms with E-state index in [0.717, 1.165) is 47.4 Å². The van der Waals surface area contributed by atoms with Gasteiger partial charge in [0.05, 0.1) is 12.3 Å². The Balaban J connectivity index is 1.63. The summed E-state index contributed by atoms with van der Waals surface area (Å²) in [6.45, 7) is 3.50. The van der Waals surface area contributed by atoms with Crippen LogP contribution >= 0.6 is 0 Å². The fraction of sp³-hybridized carbons (Fsp3) is 0.381. The van der Waals surface area contributed by atoms with Crippen molar-refractivity contribution >= 4 is 11.6 Å². The fourth-order valence-corrected chi connectivity index (χ4v) is 4.26. The van der Waals surface area contributed by atoms with E-state index in [1.165, 1.54) is 0 Å². The van der Waals surface area contributed by atoms with Crippen LogP contribution < -0.4 is 14.4 Å². The molecule has 134 valence electrons. The molecule has 2 aromatic carbocycles. The van der Waals surface area contributed by atoms with Crippen LogP contribution in [0.1, 0.15) is 42.9 Å². The fourth-order valence-electron chi connectivity index (χ4n) is 4.26. The van der Waals surface area contributed by atoms with Crippen molar-refractivity contribution < 1.29 is 19.0 Å². The molecule has 0 bridgehead atoms. The molecule has 0 saturated heterocycles. The van der Waals surface area contributed by atoms with Gasteiger partial charge in [-0.1, -0.05) is 38.0 Å². The van der Waals surface area contributed by atoms with Gasteiger partial charge in [-0.3, -0.25) is 4.79 Å². The Labute approximate surface area is 152 Å². The topological polar surface area (TPSA) is 48.0 Å². The van der Waals surface area contributed by atoms with Crippen molar-refractivity contribution in [1.29, 1.82) is 0 Å². The minimum Gasteiger partial charge on any atom is -0.454 e. The number of carbonyl (C=O) groups excluding carboxylic acids is 1. The number of ether oxygens (including phenoxy) is 3. The van der Waals surface area contributed by atoms with Crippen LogP contribution in [0.15, 0.2) is 36.4 Å². The summed E-state index contributed by atoms with van der Waals surface area (Å²) in [6.07, 6.45) is 3.22. The molecule has 2 aromatic rings. The molecule has 1 atom stereocenters. The summed E-state index contributed by atoms with van der Waals surface area (Å²) in [5.41, 5.74) is 2.71. The first kappa shape index (κ1) is 15.7. The lowest BCUT2D eigenvalue weighted by molar-refractivity contribution is -0.136. The molecule has 26 heavy (non-hydrogen) atoms. The Morgan fingerprint density at radius 3 is 2.73 bits per heavy atom. The first-order valence-corrected chi connectivity index (χ1v) is 9.24. The van der Waals surface area contributed by atoms with Crippen LogP contribution in [0.25, 0.3) is 0 Å². The number of amides is 1. The van der Waals surface area contributed by atoms with Crippen LogP contribution in [0.5, 0.6) is 11.5 Å². The molecule has 5 heteroatoms. The Kier molecular flexibility index (Phi) is 3.47. The van der Waals surface area contributed by atoms with E-state index in [1.54, 1.807) is 0 Å². The quantitative estimate of drug-likeness (QED) is 0.788. The predicted octanol–water partition coefficient (Wildman–Crippen LogP) is 3.73. The van der Waals surface area contributed by atoms with Gasteiger partial charge >= 0.3 is 0 Å². The van der Waals surface area contributed by atoms with E-state index in [0.29, 0.717) is 18.9 Å². The zero-order valence-corrected chi connectivity index (χ0v) is 14.8. The highest BCUT2D eigenvalue weighted by Crippen LogP contribution is 2.53. The third-order valence-corrected chi connectivity index (χ3v) is 5.53. The van der Waals surface area contributed by atoms with Crippen molar-refractivity contribution in [2.24, 2.45) is 0 Å². The van der Waals surface area contributed by atoms with Crippen LogP contribution in [0.2, 0.25) is 0 Å². The van der Waals surface area contributed by atoms with Crippen molar-refractivity contribution in [1.82, 2.24) is 0 Å². The number of fused-ring (bicyclic) bond motifs is 5. The number of benzene rings is 2.